The van der Waals surface area contributed by atoms with Gasteiger partial charge in [-0.05, 0) is 0 Å². The van der Waals surface area contributed by atoms with Crippen LogP contribution >= 0.6 is 0 Å². The molecular formula is C18H36O2Se. The van der Waals surface area contributed by atoms with Gasteiger partial charge in [0.05, 0.1) is 0 Å². The summed E-state index contributed by atoms with van der Waals surface area (Å²) in [4.78, 5) is 10.4. The first-order valence-electron chi connectivity index (χ1n) is 9.07. The number of rotatable bonds is 17. The third kappa shape index (κ3) is 20.0. The fourth-order valence-corrected chi connectivity index (χ4v) is 4.08. The molecule has 0 aromatic rings. The third-order valence-corrected chi connectivity index (χ3v) is 6.03. The summed E-state index contributed by atoms with van der Waals surface area (Å²) in [6, 6.07) is 0. The van der Waals surface area contributed by atoms with E-state index in [1.165, 1.54) is 89.9 Å². The molecule has 0 aliphatic heterocycles. The normalized spacial score (nSPS) is 10.9. The molecule has 0 rings (SSSR count). The van der Waals surface area contributed by atoms with Crippen molar-refractivity contribution in [3.63, 3.8) is 0 Å². The van der Waals surface area contributed by atoms with Gasteiger partial charge >= 0.3 is 112 Å². The van der Waals surface area contributed by atoms with Gasteiger partial charge in [-0.3, -0.25) is 0 Å². The molecule has 0 spiro atoms. The Balaban J connectivity index is 2.95. The van der Waals surface area contributed by atoms with E-state index >= 15 is 0 Å². The van der Waals surface area contributed by atoms with Crippen molar-refractivity contribution in [2.75, 3.05) is 0 Å². The van der Waals surface area contributed by atoms with Gasteiger partial charge in [0.2, 0.25) is 0 Å². The molecule has 0 saturated heterocycles. The van der Waals surface area contributed by atoms with Crippen LogP contribution in [0.1, 0.15) is 96.8 Å². The Morgan fingerprint density at radius 2 is 1.10 bits per heavy atom. The molecule has 0 radical (unpaired) electrons. The molecule has 0 aliphatic rings. The van der Waals surface area contributed by atoms with E-state index in [1.54, 1.807) is 0 Å². The Bertz CT molecular complexity index is 219. The number of hydrogen-bond donors (Lipinski definition) is 1. The monoisotopic (exact) mass is 364 g/mol. The van der Waals surface area contributed by atoms with Crippen molar-refractivity contribution < 1.29 is 9.90 Å². The number of aliphatic carboxylic acids is 1. The topological polar surface area (TPSA) is 37.3 Å². The second kappa shape index (κ2) is 18.0. The minimum atomic E-state index is -0.625. The van der Waals surface area contributed by atoms with Crippen molar-refractivity contribution in [2.24, 2.45) is 0 Å². The van der Waals surface area contributed by atoms with Crippen LogP contribution in [0.2, 0.25) is 10.6 Å². The molecule has 0 fully saturated rings. The van der Waals surface area contributed by atoms with Crippen LogP contribution in [0.3, 0.4) is 0 Å². The molecule has 126 valence electrons. The quantitative estimate of drug-likeness (QED) is 0.251. The van der Waals surface area contributed by atoms with Crippen LogP contribution in [0.15, 0.2) is 0 Å². The Labute approximate surface area is 138 Å². The molecular weight excluding hydrogens is 327 g/mol. The van der Waals surface area contributed by atoms with Gasteiger partial charge in [0.25, 0.3) is 0 Å². The number of carboxylic acid groups (broad SMARTS) is 1. The maximum atomic E-state index is 10.4. The number of hydrogen-bond acceptors (Lipinski definition) is 1. The number of carbonyl (C=O) groups is 1. The summed E-state index contributed by atoms with van der Waals surface area (Å²) >= 11 is 0.336. The van der Waals surface area contributed by atoms with Crippen LogP contribution in [0.25, 0.3) is 0 Å². The molecule has 0 heterocycles. The maximum absolute atomic E-state index is 10.4. The van der Waals surface area contributed by atoms with Crippen molar-refractivity contribution in [1.82, 2.24) is 0 Å². The van der Waals surface area contributed by atoms with Crippen LogP contribution in [-0.2, 0) is 4.79 Å². The Kier molecular flexibility index (Phi) is 18.0. The molecule has 0 aromatic heterocycles. The van der Waals surface area contributed by atoms with Crippen LogP contribution in [-0.4, -0.2) is 26.0 Å². The van der Waals surface area contributed by atoms with Gasteiger partial charge in [-0.15, -0.1) is 0 Å². The molecule has 2 nitrogen and oxygen atoms in total. The van der Waals surface area contributed by atoms with E-state index in [2.05, 4.69) is 6.92 Å². The zero-order valence-electron chi connectivity index (χ0n) is 14.1. The van der Waals surface area contributed by atoms with Gasteiger partial charge in [-0.25, -0.2) is 0 Å². The molecule has 0 saturated carbocycles. The Hall–Kier alpha value is -0.0105. The fourth-order valence-electron chi connectivity index (χ4n) is 2.56. The molecule has 21 heavy (non-hydrogen) atoms. The summed E-state index contributed by atoms with van der Waals surface area (Å²) in [5, 5.41) is 10.1. The molecule has 0 atom stereocenters. The van der Waals surface area contributed by atoms with Crippen molar-refractivity contribution in [1.29, 1.82) is 0 Å². The van der Waals surface area contributed by atoms with Crippen molar-refractivity contribution in [3.8, 4) is 0 Å². The van der Waals surface area contributed by atoms with E-state index in [9.17, 15) is 4.79 Å². The molecule has 0 unspecified atom stereocenters. The van der Waals surface area contributed by atoms with E-state index in [1.807, 2.05) is 0 Å². The van der Waals surface area contributed by atoms with Gasteiger partial charge in [0.1, 0.15) is 0 Å². The number of unbranched alkanes of at least 4 members (excludes halogenated alkanes) is 13. The zero-order chi connectivity index (χ0) is 15.6. The first-order chi connectivity index (χ1) is 10.3. The van der Waals surface area contributed by atoms with E-state index in [4.69, 9.17) is 5.11 Å². The number of carboxylic acids is 1. The average molecular weight is 363 g/mol. The van der Waals surface area contributed by atoms with Crippen molar-refractivity contribution >= 4 is 20.9 Å². The van der Waals surface area contributed by atoms with Crippen molar-refractivity contribution in [3.05, 3.63) is 0 Å². The summed E-state index contributed by atoms with van der Waals surface area (Å²) in [5.74, 6) is -0.625. The fraction of sp³-hybridized carbons (Fsp3) is 0.944. The van der Waals surface area contributed by atoms with Crippen molar-refractivity contribution in [2.45, 2.75) is 107 Å². The van der Waals surface area contributed by atoms with E-state index < -0.39 is 5.97 Å². The van der Waals surface area contributed by atoms with Gasteiger partial charge in [0.15, 0.2) is 0 Å². The van der Waals surface area contributed by atoms with E-state index in [0.717, 1.165) is 5.32 Å². The molecule has 0 aromatic carbocycles. The first-order valence-corrected chi connectivity index (χ1v) is 11.5. The first kappa shape index (κ1) is 21.0. The average Bonchev–Trinajstić information content (AvgIpc) is 2.46. The van der Waals surface area contributed by atoms with Gasteiger partial charge in [-0.1, -0.05) is 26.2 Å². The second-order valence-corrected chi connectivity index (χ2v) is 8.36. The Morgan fingerprint density at radius 3 is 1.48 bits per heavy atom. The molecule has 1 N–H and O–H groups in total. The van der Waals surface area contributed by atoms with Crippen LogP contribution in [0.5, 0.6) is 0 Å². The van der Waals surface area contributed by atoms with Crippen LogP contribution in [0.4, 0.5) is 0 Å². The zero-order valence-corrected chi connectivity index (χ0v) is 15.8. The standard InChI is InChI=1S/C18H36O2Se/c1-2-3-4-5-6-7-8-9-10-11-12-13-14-15-16-21-17-18(19)20/h2-17H2,1H3,(H,19,20). The van der Waals surface area contributed by atoms with E-state index in [-0.39, 0.29) is 0 Å². The summed E-state index contributed by atoms with van der Waals surface area (Å²) in [7, 11) is 0. The summed E-state index contributed by atoms with van der Waals surface area (Å²) in [6.45, 7) is 2.27. The molecule has 0 bridgehead atoms. The summed E-state index contributed by atoms with van der Waals surface area (Å²) in [5.41, 5.74) is 0. The molecule has 0 aliphatic carbocycles. The van der Waals surface area contributed by atoms with Gasteiger partial charge in [0, 0.05) is 0 Å². The summed E-state index contributed by atoms with van der Waals surface area (Å²) < 4.78 is 0. The predicted molar refractivity (Wildman–Crippen MR) is 93.3 cm³/mol. The predicted octanol–water partition coefficient (Wildman–Crippen LogP) is 6.09. The SMILES string of the molecule is CCCCCCCCCCCCCCCC[Se]CC(=O)O. The summed E-state index contributed by atoms with van der Waals surface area (Å²) in [6.07, 6.45) is 19.5. The van der Waals surface area contributed by atoms with Crippen LogP contribution < -0.4 is 0 Å². The minimum absolute atomic E-state index is 0.336. The van der Waals surface area contributed by atoms with E-state index in [0.29, 0.717) is 20.3 Å². The third-order valence-electron chi connectivity index (χ3n) is 3.87. The molecule has 0 amide bonds. The molecule has 3 heteroatoms. The Morgan fingerprint density at radius 1 is 0.714 bits per heavy atom. The van der Waals surface area contributed by atoms with Gasteiger partial charge in [-0.2, -0.15) is 0 Å². The second-order valence-electron chi connectivity index (χ2n) is 6.04. The van der Waals surface area contributed by atoms with Gasteiger partial charge < -0.3 is 0 Å². The van der Waals surface area contributed by atoms with Crippen LogP contribution in [0, 0.1) is 0 Å².